The van der Waals surface area contributed by atoms with Crippen LogP contribution in [-0.2, 0) is 0 Å². The summed E-state index contributed by atoms with van der Waals surface area (Å²) in [5.41, 5.74) is 1.13. The average Bonchev–Trinajstić information content (AvgIpc) is 2.60. The lowest BCUT2D eigenvalue weighted by Gasteiger charge is -2.58. The standard InChI is InChI=1S/C23H50N2/c1-9-22(4,10-2)16-20-24(6,7)18-14-12-13-15-19-25(8)21-17-23(25,5)11-3/h9-21H2,1-8H3/q+2. The Morgan fingerprint density at radius 3 is 2.04 bits per heavy atom. The Labute approximate surface area is 160 Å². The molecule has 1 heterocycles. The molecule has 0 N–H and O–H groups in total. The summed E-state index contributed by atoms with van der Waals surface area (Å²) < 4.78 is 2.54. The van der Waals surface area contributed by atoms with E-state index in [-0.39, 0.29) is 0 Å². The minimum Gasteiger partial charge on any atom is -0.328 e. The molecule has 2 unspecified atom stereocenters. The van der Waals surface area contributed by atoms with E-state index in [1.54, 1.807) is 0 Å². The van der Waals surface area contributed by atoms with Gasteiger partial charge in [-0.2, -0.15) is 0 Å². The summed E-state index contributed by atoms with van der Waals surface area (Å²) in [7, 11) is 7.36. The highest BCUT2D eigenvalue weighted by Gasteiger charge is 2.51. The summed E-state index contributed by atoms with van der Waals surface area (Å²) in [6.45, 7) is 17.5. The van der Waals surface area contributed by atoms with Gasteiger partial charge in [0, 0.05) is 6.42 Å². The van der Waals surface area contributed by atoms with Crippen LogP contribution in [0.4, 0.5) is 0 Å². The number of hydrogen-bond acceptors (Lipinski definition) is 0. The molecule has 1 aliphatic heterocycles. The third-order valence-electron chi connectivity index (χ3n) is 8.40. The average molecular weight is 355 g/mol. The molecular weight excluding hydrogens is 304 g/mol. The lowest BCUT2D eigenvalue weighted by molar-refractivity contribution is -0.999. The fourth-order valence-electron chi connectivity index (χ4n) is 4.46. The molecule has 0 amide bonds. The van der Waals surface area contributed by atoms with Gasteiger partial charge < -0.3 is 8.97 Å². The van der Waals surface area contributed by atoms with E-state index in [4.69, 9.17) is 0 Å². The maximum atomic E-state index is 2.50. The molecule has 0 aliphatic carbocycles. The minimum absolute atomic E-state index is 0.553. The highest BCUT2D eigenvalue weighted by molar-refractivity contribution is 4.82. The van der Waals surface area contributed by atoms with Crippen LogP contribution in [0.5, 0.6) is 0 Å². The molecule has 0 aromatic carbocycles. The van der Waals surface area contributed by atoms with Gasteiger partial charge in [-0.15, -0.1) is 0 Å². The number of quaternary nitrogens is 2. The molecule has 25 heavy (non-hydrogen) atoms. The summed E-state index contributed by atoms with van der Waals surface area (Å²) in [6, 6.07) is 0. The van der Waals surface area contributed by atoms with Gasteiger partial charge in [-0.1, -0.05) is 40.5 Å². The monoisotopic (exact) mass is 354 g/mol. The summed E-state index contributed by atoms with van der Waals surface area (Å²) in [5, 5.41) is 0. The molecule has 1 saturated heterocycles. The lowest BCUT2D eigenvalue weighted by atomic mass is 9.80. The zero-order valence-corrected chi connectivity index (χ0v) is 19.1. The molecule has 0 bridgehead atoms. The summed E-state index contributed by atoms with van der Waals surface area (Å²) in [6.07, 6.45) is 12.4. The molecule has 2 atom stereocenters. The predicted molar refractivity (Wildman–Crippen MR) is 113 cm³/mol. The molecule has 0 aromatic heterocycles. The first kappa shape index (κ1) is 23.0. The minimum atomic E-state index is 0.553. The van der Waals surface area contributed by atoms with Crippen molar-refractivity contribution in [3.05, 3.63) is 0 Å². The van der Waals surface area contributed by atoms with Crippen molar-refractivity contribution in [3.8, 4) is 0 Å². The molecule has 0 spiro atoms. The van der Waals surface area contributed by atoms with Crippen LogP contribution in [0.25, 0.3) is 0 Å². The van der Waals surface area contributed by atoms with Gasteiger partial charge in [-0.3, -0.25) is 0 Å². The zero-order chi connectivity index (χ0) is 19.2. The van der Waals surface area contributed by atoms with E-state index in [1.165, 1.54) is 92.9 Å². The number of likely N-dealkylation sites (tertiary alicyclic amines) is 1. The molecule has 2 heteroatoms. The molecule has 1 rings (SSSR count). The van der Waals surface area contributed by atoms with E-state index < -0.39 is 0 Å². The number of unbranched alkanes of at least 4 members (excludes halogenated alkanes) is 3. The quantitative estimate of drug-likeness (QED) is 0.287. The third-order valence-corrected chi connectivity index (χ3v) is 8.40. The molecule has 150 valence electrons. The van der Waals surface area contributed by atoms with Crippen molar-refractivity contribution >= 4 is 0 Å². The Bertz CT molecular complexity index is 382. The van der Waals surface area contributed by atoms with Gasteiger partial charge in [0.25, 0.3) is 0 Å². The van der Waals surface area contributed by atoms with Crippen LogP contribution in [0.3, 0.4) is 0 Å². The first-order chi connectivity index (χ1) is 11.6. The Morgan fingerprint density at radius 2 is 1.56 bits per heavy atom. The lowest BCUT2D eigenvalue weighted by Crippen LogP contribution is -2.70. The van der Waals surface area contributed by atoms with Gasteiger partial charge in [0.05, 0.1) is 53.7 Å². The molecular formula is C23H50N2+2. The zero-order valence-electron chi connectivity index (χ0n) is 19.1. The van der Waals surface area contributed by atoms with Gasteiger partial charge in [-0.25, -0.2) is 0 Å². The Morgan fingerprint density at radius 1 is 0.960 bits per heavy atom. The van der Waals surface area contributed by atoms with Crippen molar-refractivity contribution in [3.63, 3.8) is 0 Å². The van der Waals surface area contributed by atoms with Crippen LogP contribution < -0.4 is 0 Å². The molecule has 1 aliphatic rings. The van der Waals surface area contributed by atoms with Gasteiger partial charge in [0.2, 0.25) is 0 Å². The summed E-state index contributed by atoms with van der Waals surface area (Å²) in [5.74, 6) is 0. The van der Waals surface area contributed by atoms with Crippen LogP contribution in [0, 0.1) is 5.41 Å². The Balaban J connectivity index is 2.18. The number of nitrogens with zero attached hydrogens (tertiary/aromatic N) is 2. The summed E-state index contributed by atoms with van der Waals surface area (Å²) in [4.78, 5) is 0. The van der Waals surface area contributed by atoms with Crippen molar-refractivity contribution in [1.29, 1.82) is 0 Å². The summed E-state index contributed by atoms with van der Waals surface area (Å²) >= 11 is 0. The largest absolute Gasteiger partial charge is 0.328 e. The molecule has 1 fully saturated rings. The van der Waals surface area contributed by atoms with Crippen LogP contribution >= 0.6 is 0 Å². The second-order valence-electron chi connectivity index (χ2n) is 10.5. The van der Waals surface area contributed by atoms with Crippen molar-refractivity contribution in [2.75, 3.05) is 47.3 Å². The molecule has 2 nitrogen and oxygen atoms in total. The fraction of sp³-hybridized carbons (Fsp3) is 1.00. The van der Waals surface area contributed by atoms with E-state index in [2.05, 4.69) is 55.8 Å². The molecule has 0 aromatic rings. The van der Waals surface area contributed by atoms with Crippen molar-refractivity contribution in [2.24, 2.45) is 5.41 Å². The van der Waals surface area contributed by atoms with Crippen molar-refractivity contribution < 1.29 is 8.97 Å². The van der Waals surface area contributed by atoms with Crippen molar-refractivity contribution in [2.45, 2.75) is 97.9 Å². The van der Waals surface area contributed by atoms with Gasteiger partial charge in [0.15, 0.2) is 0 Å². The van der Waals surface area contributed by atoms with Crippen LogP contribution in [0.2, 0.25) is 0 Å². The van der Waals surface area contributed by atoms with Crippen LogP contribution in [-0.4, -0.2) is 61.8 Å². The number of hydrogen-bond donors (Lipinski definition) is 0. The predicted octanol–water partition coefficient (Wildman–Crippen LogP) is 5.86. The molecule has 0 radical (unpaired) electrons. The maximum absolute atomic E-state index is 2.50. The van der Waals surface area contributed by atoms with Crippen LogP contribution in [0.1, 0.15) is 92.4 Å². The second-order valence-corrected chi connectivity index (χ2v) is 10.5. The van der Waals surface area contributed by atoms with E-state index >= 15 is 0 Å². The van der Waals surface area contributed by atoms with E-state index in [0.29, 0.717) is 11.0 Å². The van der Waals surface area contributed by atoms with E-state index in [1.807, 2.05) is 0 Å². The highest BCUT2D eigenvalue weighted by atomic mass is 15.4. The third kappa shape index (κ3) is 6.24. The normalized spacial score (nSPS) is 27.4. The van der Waals surface area contributed by atoms with Crippen molar-refractivity contribution in [1.82, 2.24) is 0 Å². The second kappa shape index (κ2) is 9.22. The van der Waals surface area contributed by atoms with Gasteiger partial charge >= 0.3 is 0 Å². The maximum Gasteiger partial charge on any atom is 0.101 e. The van der Waals surface area contributed by atoms with Crippen LogP contribution in [0.15, 0.2) is 0 Å². The molecule has 0 saturated carbocycles. The Hall–Kier alpha value is -0.0800. The first-order valence-corrected chi connectivity index (χ1v) is 11.2. The van der Waals surface area contributed by atoms with E-state index in [0.717, 1.165) is 0 Å². The topological polar surface area (TPSA) is 0 Å². The highest BCUT2D eigenvalue weighted by Crippen LogP contribution is 2.40. The van der Waals surface area contributed by atoms with Gasteiger partial charge in [-0.05, 0) is 44.4 Å². The SMILES string of the molecule is CCC(C)(CC)CC[N+](C)(C)CCCCCC[N+]1(C)CCC1(C)CC. The fourth-order valence-corrected chi connectivity index (χ4v) is 4.46. The number of rotatable bonds is 13. The smallest absolute Gasteiger partial charge is 0.101 e. The first-order valence-electron chi connectivity index (χ1n) is 11.2. The van der Waals surface area contributed by atoms with Gasteiger partial charge in [0.1, 0.15) is 5.54 Å². The van der Waals surface area contributed by atoms with E-state index in [9.17, 15) is 0 Å². The Kier molecular flexibility index (Phi) is 8.47.